The molecular formula is C26H24N2O4S. The summed E-state index contributed by atoms with van der Waals surface area (Å²) in [5.41, 5.74) is 2.25. The smallest absolute Gasteiger partial charge is 0.290 e. The molecule has 1 amide bonds. The largest absolute Gasteiger partial charge is 0.508 e. The molecule has 2 heterocycles. The van der Waals surface area contributed by atoms with E-state index in [0.29, 0.717) is 16.1 Å². The third-order valence-electron chi connectivity index (χ3n) is 6.44. The number of rotatable bonds is 5. The minimum atomic E-state index is -0.699. The number of ketones is 1. The lowest BCUT2D eigenvalue weighted by molar-refractivity contribution is -0.131. The molecule has 2 aromatic carbocycles. The van der Waals surface area contributed by atoms with E-state index in [9.17, 15) is 19.8 Å². The zero-order chi connectivity index (χ0) is 23.1. The molecule has 3 aromatic rings. The highest BCUT2D eigenvalue weighted by Crippen LogP contribution is 2.44. The van der Waals surface area contributed by atoms with Crippen LogP contribution in [0.3, 0.4) is 0 Å². The zero-order valence-corrected chi connectivity index (χ0v) is 19.0. The van der Waals surface area contributed by atoms with Gasteiger partial charge in [-0.15, -0.1) is 11.3 Å². The summed E-state index contributed by atoms with van der Waals surface area (Å²) in [6, 6.07) is 15.4. The Hall–Kier alpha value is -3.45. The fraction of sp³-hybridized carbons (Fsp3) is 0.269. The van der Waals surface area contributed by atoms with Crippen molar-refractivity contribution in [3.63, 3.8) is 0 Å². The predicted octanol–water partition coefficient (Wildman–Crippen LogP) is 5.35. The number of phenolic OH excluding ortho intramolecular Hbond substituents is 1. The molecule has 6 nitrogen and oxygen atoms in total. The minimum Gasteiger partial charge on any atom is -0.508 e. The van der Waals surface area contributed by atoms with Crippen LogP contribution >= 0.6 is 11.3 Å². The normalized spacial score (nSPS) is 19.0. The Morgan fingerprint density at radius 2 is 1.70 bits per heavy atom. The first-order valence-corrected chi connectivity index (χ1v) is 11.9. The summed E-state index contributed by atoms with van der Waals surface area (Å²) < 4.78 is 0. The van der Waals surface area contributed by atoms with Gasteiger partial charge >= 0.3 is 0 Å². The quantitative estimate of drug-likeness (QED) is 0.501. The van der Waals surface area contributed by atoms with Gasteiger partial charge in [0.2, 0.25) is 5.78 Å². The van der Waals surface area contributed by atoms with Gasteiger partial charge in [-0.25, -0.2) is 4.98 Å². The highest BCUT2D eigenvalue weighted by atomic mass is 32.1. The molecule has 5 rings (SSSR count). The minimum absolute atomic E-state index is 0.0359. The summed E-state index contributed by atoms with van der Waals surface area (Å²) in [5.74, 6) is -1.27. The number of nitrogens with zero attached hydrogens (tertiary/aromatic N) is 2. The number of aromatic hydroxyl groups is 1. The number of carbonyl (C=O) groups is 2. The van der Waals surface area contributed by atoms with Crippen molar-refractivity contribution in [3.05, 3.63) is 82.1 Å². The Balaban J connectivity index is 1.59. The summed E-state index contributed by atoms with van der Waals surface area (Å²) in [6.45, 7) is 1.77. The number of aryl methyl sites for hydroxylation is 1. The molecule has 33 heavy (non-hydrogen) atoms. The van der Waals surface area contributed by atoms with E-state index >= 15 is 0 Å². The number of carbonyl (C=O) groups excluding carboxylic acids is 2. The fourth-order valence-corrected chi connectivity index (χ4v) is 5.86. The number of thiazole rings is 1. The molecule has 0 radical (unpaired) electrons. The van der Waals surface area contributed by atoms with E-state index in [1.54, 1.807) is 24.0 Å². The lowest BCUT2D eigenvalue weighted by Gasteiger charge is -2.32. The molecule has 0 bridgehead atoms. The highest BCUT2D eigenvalue weighted by molar-refractivity contribution is 7.17. The van der Waals surface area contributed by atoms with Crippen LogP contribution in [-0.4, -0.2) is 37.8 Å². The van der Waals surface area contributed by atoms with Crippen LogP contribution < -0.4 is 0 Å². The van der Waals surface area contributed by atoms with Crippen molar-refractivity contribution in [3.8, 4) is 16.3 Å². The first-order chi connectivity index (χ1) is 16.0. The SMILES string of the molecule is Cc1nc(-c2ccccc2)sc1C(=O)C1=C(O)C(=O)N(C2CCCC2)C1c1ccc(O)cc1. The van der Waals surface area contributed by atoms with Gasteiger partial charge in [-0.2, -0.15) is 0 Å². The molecule has 7 heteroatoms. The van der Waals surface area contributed by atoms with Crippen LogP contribution in [0.4, 0.5) is 0 Å². The Bertz CT molecular complexity index is 1240. The van der Waals surface area contributed by atoms with Gasteiger partial charge in [0.15, 0.2) is 5.76 Å². The number of Topliss-reactive ketones (excluding diaryl/α,β-unsaturated/α-hetero) is 1. The molecule has 1 aliphatic carbocycles. The standard InChI is InChI=1S/C26H24N2O4S/c1-15-24(33-25(27-15)17-7-3-2-4-8-17)22(30)20-21(16-11-13-19(29)14-12-16)28(26(32)23(20)31)18-9-5-6-10-18/h2-4,7-8,11-14,18,21,29,31H,5-6,9-10H2,1H3. The Kier molecular flexibility index (Phi) is 5.50. The van der Waals surface area contributed by atoms with Crippen molar-refractivity contribution in [2.45, 2.75) is 44.7 Å². The van der Waals surface area contributed by atoms with Crippen LogP contribution in [-0.2, 0) is 4.79 Å². The first-order valence-electron chi connectivity index (χ1n) is 11.1. The van der Waals surface area contributed by atoms with Gasteiger partial charge in [0.1, 0.15) is 10.8 Å². The number of benzene rings is 2. The van der Waals surface area contributed by atoms with E-state index in [2.05, 4.69) is 4.98 Å². The molecule has 1 unspecified atom stereocenters. The van der Waals surface area contributed by atoms with E-state index in [1.165, 1.54) is 23.5 Å². The van der Waals surface area contributed by atoms with E-state index in [-0.39, 0.29) is 23.1 Å². The van der Waals surface area contributed by atoms with Crippen LogP contribution in [0.5, 0.6) is 5.75 Å². The zero-order valence-electron chi connectivity index (χ0n) is 18.2. The maximum Gasteiger partial charge on any atom is 0.290 e. The third kappa shape index (κ3) is 3.72. The fourth-order valence-electron chi connectivity index (χ4n) is 4.83. The van der Waals surface area contributed by atoms with Gasteiger partial charge in [-0.3, -0.25) is 9.59 Å². The van der Waals surface area contributed by atoms with E-state index < -0.39 is 17.7 Å². The second kappa shape index (κ2) is 8.48. The molecule has 0 saturated heterocycles. The Morgan fingerprint density at radius 3 is 2.36 bits per heavy atom. The summed E-state index contributed by atoms with van der Waals surface area (Å²) in [4.78, 5) is 33.7. The van der Waals surface area contributed by atoms with Crippen LogP contribution in [0.25, 0.3) is 10.6 Å². The van der Waals surface area contributed by atoms with Gasteiger partial charge < -0.3 is 15.1 Å². The van der Waals surface area contributed by atoms with Gasteiger partial charge in [-0.1, -0.05) is 55.3 Å². The average Bonchev–Trinajstić information content (AvgIpc) is 3.54. The van der Waals surface area contributed by atoms with Gasteiger partial charge in [-0.05, 0) is 37.5 Å². The monoisotopic (exact) mass is 460 g/mol. The molecule has 2 N–H and O–H groups in total. The van der Waals surface area contributed by atoms with E-state index in [1.807, 2.05) is 30.3 Å². The summed E-state index contributed by atoms with van der Waals surface area (Å²) in [6.07, 6.45) is 3.70. The first kappa shape index (κ1) is 21.4. The summed E-state index contributed by atoms with van der Waals surface area (Å²) in [7, 11) is 0. The molecule has 168 valence electrons. The predicted molar refractivity (Wildman–Crippen MR) is 126 cm³/mol. The second-order valence-corrected chi connectivity index (χ2v) is 9.53. The number of aliphatic hydroxyl groups excluding tert-OH is 1. The summed E-state index contributed by atoms with van der Waals surface area (Å²) >= 11 is 1.27. The van der Waals surface area contributed by atoms with Crippen molar-refractivity contribution >= 4 is 23.0 Å². The van der Waals surface area contributed by atoms with E-state index in [0.717, 1.165) is 36.3 Å². The third-order valence-corrected chi connectivity index (χ3v) is 7.64. The number of phenols is 1. The van der Waals surface area contributed by atoms with Crippen molar-refractivity contribution in [1.29, 1.82) is 0 Å². The number of hydrogen-bond acceptors (Lipinski definition) is 6. The lowest BCUT2D eigenvalue weighted by atomic mass is 9.94. The van der Waals surface area contributed by atoms with Crippen molar-refractivity contribution in [2.75, 3.05) is 0 Å². The second-order valence-electron chi connectivity index (χ2n) is 8.54. The maximum atomic E-state index is 13.8. The van der Waals surface area contributed by atoms with Crippen molar-refractivity contribution in [2.24, 2.45) is 0 Å². The van der Waals surface area contributed by atoms with Crippen molar-refractivity contribution in [1.82, 2.24) is 9.88 Å². The van der Waals surface area contributed by atoms with Gasteiger partial charge in [0.05, 0.1) is 22.2 Å². The Labute approximate surface area is 195 Å². The van der Waals surface area contributed by atoms with Crippen LogP contribution in [0.1, 0.15) is 52.7 Å². The van der Waals surface area contributed by atoms with Gasteiger partial charge in [0.25, 0.3) is 5.91 Å². The molecule has 0 spiro atoms. The molecular weight excluding hydrogens is 436 g/mol. The van der Waals surface area contributed by atoms with Gasteiger partial charge in [0, 0.05) is 11.6 Å². The maximum absolute atomic E-state index is 13.8. The molecule has 1 saturated carbocycles. The topological polar surface area (TPSA) is 90.7 Å². The van der Waals surface area contributed by atoms with E-state index in [4.69, 9.17) is 0 Å². The number of hydrogen-bond donors (Lipinski definition) is 2. The van der Waals surface area contributed by atoms with Crippen LogP contribution in [0, 0.1) is 6.92 Å². The number of amides is 1. The molecule has 1 fully saturated rings. The lowest BCUT2D eigenvalue weighted by Crippen LogP contribution is -2.38. The number of aromatic nitrogens is 1. The highest BCUT2D eigenvalue weighted by Gasteiger charge is 2.47. The Morgan fingerprint density at radius 1 is 1.03 bits per heavy atom. The molecule has 1 aromatic heterocycles. The van der Waals surface area contributed by atoms with Crippen molar-refractivity contribution < 1.29 is 19.8 Å². The molecule has 1 aliphatic heterocycles. The average molecular weight is 461 g/mol. The van der Waals surface area contributed by atoms with Crippen LogP contribution in [0.15, 0.2) is 65.9 Å². The molecule has 1 atom stereocenters. The van der Waals surface area contributed by atoms with Crippen LogP contribution in [0.2, 0.25) is 0 Å². The number of aliphatic hydroxyl groups is 1. The summed E-state index contributed by atoms with van der Waals surface area (Å²) in [5, 5.41) is 21.4. The molecule has 2 aliphatic rings.